The van der Waals surface area contributed by atoms with E-state index in [4.69, 9.17) is 21.5 Å². The predicted molar refractivity (Wildman–Crippen MR) is 129 cm³/mol. The molecule has 0 amide bonds. The van der Waals surface area contributed by atoms with Crippen molar-refractivity contribution in [1.29, 1.82) is 0 Å². The third-order valence-corrected chi connectivity index (χ3v) is 7.74. The second kappa shape index (κ2) is 9.11. The minimum atomic E-state index is -3.85. The fraction of sp³-hybridized carbons (Fsp3) is 0.435. The summed E-state index contributed by atoms with van der Waals surface area (Å²) in [6.07, 6.45) is 8.40. The lowest BCUT2D eigenvalue weighted by atomic mass is 9.72. The first kappa shape index (κ1) is 23.2. The van der Waals surface area contributed by atoms with Crippen LogP contribution in [0, 0.1) is 5.92 Å². The van der Waals surface area contributed by atoms with Gasteiger partial charge in [0.1, 0.15) is 6.10 Å². The average molecular weight is 477 g/mol. The van der Waals surface area contributed by atoms with Gasteiger partial charge in [0.15, 0.2) is 0 Å². The van der Waals surface area contributed by atoms with E-state index in [1.54, 1.807) is 25.5 Å². The zero-order valence-electron chi connectivity index (χ0n) is 18.3. The Kier molecular flexibility index (Phi) is 6.61. The molecule has 7 nitrogen and oxygen atoms in total. The van der Waals surface area contributed by atoms with Gasteiger partial charge in [-0.2, -0.15) is 0 Å². The maximum Gasteiger partial charge on any atom is 0.237 e. The van der Waals surface area contributed by atoms with Gasteiger partial charge in [-0.3, -0.25) is 4.98 Å². The number of aromatic nitrogens is 1. The number of nitrogens with two attached hydrogens (primary N) is 1. The van der Waals surface area contributed by atoms with Crippen molar-refractivity contribution in [3.63, 3.8) is 0 Å². The highest BCUT2D eigenvalue weighted by Gasteiger charge is 2.47. The van der Waals surface area contributed by atoms with Crippen LogP contribution in [0.15, 0.2) is 53.6 Å². The van der Waals surface area contributed by atoms with Gasteiger partial charge in [-0.25, -0.2) is 13.6 Å². The Morgan fingerprint density at radius 1 is 1.38 bits per heavy atom. The van der Waals surface area contributed by atoms with Crippen molar-refractivity contribution in [2.75, 3.05) is 32.1 Å². The van der Waals surface area contributed by atoms with Crippen LogP contribution in [0.5, 0.6) is 0 Å². The zero-order valence-corrected chi connectivity index (χ0v) is 19.9. The predicted octanol–water partition coefficient (Wildman–Crippen LogP) is 3.53. The molecule has 1 aromatic carbocycles. The van der Waals surface area contributed by atoms with E-state index in [0.717, 1.165) is 49.1 Å². The number of pyridine rings is 1. The van der Waals surface area contributed by atoms with E-state index in [9.17, 15) is 8.42 Å². The van der Waals surface area contributed by atoms with E-state index >= 15 is 0 Å². The van der Waals surface area contributed by atoms with Crippen LogP contribution in [0.3, 0.4) is 0 Å². The summed E-state index contributed by atoms with van der Waals surface area (Å²) in [5, 5.41) is 10.7. The number of nitrogens with zero attached hydrogens (tertiary/aromatic N) is 2. The van der Waals surface area contributed by atoms with Crippen LogP contribution in [0.4, 0.5) is 5.69 Å². The van der Waals surface area contributed by atoms with Crippen LogP contribution >= 0.6 is 11.6 Å². The second-order valence-corrected chi connectivity index (χ2v) is 10.4. The zero-order chi connectivity index (χ0) is 22.9. The van der Waals surface area contributed by atoms with Gasteiger partial charge in [0.25, 0.3) is 0 Å². The normalized spacial score (nSPS) is 26.8. The third kappa shape index (κ3) is 4.43. The number of likely N-dealkylation sites (tertiary alicyclic amines) is 1. The van der Waals surface area contributed by atoms with Gasteiger partial charge >= 0.3 is 0 Å². The first-order valence-corrected chi connectivity index (χ1v) is 12.7. The lowest BCUT2D eigenvalue weighted by Gasteiger charge is -2.49. The average Bonchev–Trinajstić information content (AvgIpc) is 2.78. The Labute approximate surface area is 194 Å². The van der Waals surface area contributed by atoms with E-state index < -0.39 is 21.7 Å². The summed E-state index contributed by atoms with van der Waals surface area (Å²) < 4.78 is 30.0. The van der Waals surface area contributed by atoms with Gasteiger partial charge in [0, 0.05) is 41.9 Å². The Bertz CT molecular complexity index is 1170. The second-order valence-electron chi connectivity index (χ2n) is 8.41. The SMILES string of the molecule is CCN1CCCC(C2(Nc3ccnc4cc(Cl)ccc34)C=CC(S(N)(=O)=O)=CC2OC)C1. The lowest BCUT2D eigenvalue weighted by molar-refractivity contribution is 0.0449. The van der Waals surface area contributed by atoms with Crippen LogP contribution in [-0.2, 0) is 14.8 Å². The number of piperidine rings is 1. The monoisotopic (exact) mass is 476 g/mol. The van der Waals surface area contributed by atoms with Gasteiger partial charge in [0.2, 0.25) is 10.0 Å². The minimum Gasteiger partial charge on any atom is -0.375 e. The number of ether oxygens (including phenoxy) is 1. The molecule has 1 aliphatic carbocycles. The summed E-state index contributed by atoms with van der Waals surface area (Å²) in [6.45, 7) is 5.05. The van der Waals surface area contributed by atoms with Crippen LogP contribution < -0.4 is 10.5 Å². The number of anilines is 1. The number of hydrogen-bond acceptors (Lipinski definition) is 6. The van der Waals surface area contributed by atoms with Crippen LogP contribution in [-0.4, -0.2) is 56.7 Å². The number of rotatable bonds is 6. The summed E-state index contributed by atoms with van der Waals surface area (Å²) in [6, 6.07) is 7.54. The van der Waals surface area contributed by atoms with Crippen molar-refractivity contribution in [3.05, 3.63) is 58.6 Å². The summed E-state index contributed by atoms with van der Waals surface area (Å²) in [5.41, 5.74) is 1.01. The van der Waals surface area contributed by atoms with Crippen molar-refractivity contribution >= 4 is 38.2 Å². The molecule has 2 heterocycles. The summed E-state index contributed by atoms with van der Waals surface area (Å²) >= 11 is 6.17. The quantitative estimate of drug-likeness (QED) is 0.662. The molecule has 9 heteroatoms. The molecular formula is C23H29ClN4O3S. The number of methoxy groups -OCH3 is 1. The number of fused-ring (bicyclic) bond motifs is 1. The molecule has 32 heavy (non-hydrogen) atoms. The third-order valence-electron chi connectivity index (χ3n) is 6.58. The van der Waals surface area contributed by atoms with Gasteiger partial charge in [-0.05, 0) is 62.3 Å². The Hall–Kier alpha value is -1.97. The Balaban J connectivity index is 1.82. The Morgan fingerprint density at radius 3 is 2.91 bits per heavy atom. The van der Waals surface area contributed by atoms with Gasteiger partial charge in [-0.1, -0.05) is 24.6 Å². The number of benzene rings is 1. The molecular weight excluding hydrogens is 448 g/mol. The number of nitrogens with one attached hydrogen (secondary N) is 1. The van der Waals surface area contributed by atoms with Gasteiger partial charge in [-0.15, -0.1) is 0 Å². The highest BCUT2D eigenvalue weighted by atomic mass is 35.5. The van der Waals surface area contributed by atoms with E-state index in [1.807, 2.05) is 30.3 Å². The number of sulfonamides is 1. The summed E-state index contributed by atoms with van der Waals surface area (Å²) in [5.74, 6) is 0.186. The van der Waals surface area contributed by atoms with Crippen LogP contribution in [0.25, 0.3) is 10.9 Å². The number of allylic oxidation sites excluding steroid dienone is 1. The molecule has 0 bridgehead atoms. The first-order chi connectivity index (χ1) is 15.3. The lowest BCUT2D eigenvalue weighted by Crippen LogP contribution is -2.59. The molecule has 1 aliphatic heterocycles. The molecule has 0 spiro atoms. The topological polar surface area (TPSA) is 97.5 Å². The number of hydrogen-bond donors (Lipinski definition) is 2. The minimum absolute atomic E-state index is 0.0660. The molecule has 0 radical (unpaired) electrons. The van der Waals surface area contributed by atoms with Crippen LogP contribution in [0.2, 0.25) is 5.02 Å². The molecule has 1 aromatic heterocycles. The molecule has 2 aromatic rings. The van der Waals surface area contributed by atoms with E-state index in [2.05, 4.69) is 22.1 Å². The highest BCUT2D eigenvalue weighted by Crippen LogP contribution is 2.40. The Morgan fingerprint density at radius 2 is 2.19 bits per heavy atom. The molecule has 1 saturated heterocycles. The smallest absolute Gasteiger partial charge is 0.237 e. The summed E-state index contributed by atoms with van der Waals surface area (Å²) in [4.78, 5) is 6.93. The maximum absolute atomic E-state index is 12.1. The standard InChI is InChI=1S/C23H29ClN4O3S/c1-3-28-12-4-5-16(15-28)23(10-8-18(32(25,29)30)14-22(23)31-2)27-20-9-11-26-21-13-17(24)6-7-19(20)21/h6-11,13-14,16,22H,3-5,12,15H2,1-2H3,(H,26,27)(H2,25,29,30). The molecule has 2 aliphatic rings. The largest absolute Gasteiger partial charge is 0.375 e. The van der Waals surface area contributed by atoms with Crippen molar-refractivity contribution in [2.24, 2.45) is 11.1 Å². The summed E-state index contributed by atoms with van der Waals surface area (Å²) in [7, 11) is -2.25. The molecule has 3 unspecified atom stereocenters. The molecule has 4 rings (SSSR count). The van der Waals surface area contributed by atoms with Crippen molar-refractivity contribution in [1.82, 2.24) is 9.88 Å². The molecule has 172 valence electrons. The molecule has 1 fully saturated rings. The van der Waals surface area contributed by atoms with Crippen LogP contribution in [0.1, 0.15) is 19.8 Å². The first-order valence-electron chi connectivity index (χ1n) is 10.8. The number of primary sulfonamides is 1. The fourth-order valence-electron chi connectivity index (χ4n) is 4.89. The molecule has 3 atom stereocenters. The van der Waals surface area contributed by atoms with Crippen molar-refractivity contribution in [2.45, 2.75) is 31.4 Å². The molecule has 0 saturated carbocycles. The maximum atomic E-state index is 12.1. The van der Waals surface area contributed by atoms with Crippen molar-refractivity contribution < 1.29 is 13.2 Å². The van der Waals surface area contributed by atoms with E-state index in [-0.39, 0.29) is 10.8 Å². The highest BCUT2D eigenvalue weighted by molar-refractivity contribution is 7.93. The van der Waals surface area contributed by atoms with Gasteiger partial charge < -0.3 is 15.0 Å². The molecule has 3 N–H and O–H groups in total. The van der Waals surface area contributed by atoms with Gasteiger partial charge in [0.05, 0.1) is 16.0 Å². The fourth-order valence-corrected chi connectivity index (χ4v) is 5.63. The van der Waals surface area contributed by atoms with Crippen molar-refractivity contribution in [3.8, 4) is 0 Å². The number of halogens is 1. The van der Waals surface area contributed by atoms with E-state index in [1.165, 1.54) is 0 Å². The van der Waals surface area contributed by atoms with E-state index in [0.29, 0.717) is 5.02 Å².